The molecule has 1 aliphatic rings. The number of carbonyl (C=O) groups excluding carboxylic acids is 1. The fourth-order valence-electron chi connectivity index (χ4n) is 2.25. The van der Waals surface area contributed by atoms with Gasteiger partial charge in [-0.1, -0.05) is 27.2 Å². The van der Waals surface area contributed by atoms with Gasteiger partial charge in [0.15, 0.2) is 0 Å². The van der Waals surface area contributed by atoms with Gasteiger partial charge in [-0.15, -0.1) is 0 Å². The summed E-state index contributed by atoms with van der Waals surface area (Å²) in [4.78, 5) is 13.9. The summed E-state index contributed by atoms with van der Waals surface area (Å²) in [7, 11) is 1.98. The molecule has 0 radical (unpaired) electrons. The molecule has 1 fully saturated rings. The van der Waals surface area contributed by atoms with Crippen molar-refractivity contribution in [3.05, 3.63) is 0 Å². The first-order chi connectivity index (χ1) is 7.45. The number of likely N-dealkylation sites (N-methyl/N-ethyl adjacent to an activating group) is 1. The number of nitrogens with zero attached hydrogens (tertiary/aromatic N) is 1. The number of hydrogen-bond donors (Lipinski definition) is 1. The highest BCUT2D eigenvalue weighted by molar-refractivity contribution is 5.76. The van der Waals surface area contributed by atoms with E-state index >= 15 is 0 Å². The van der Waals surface area contributed by atoms with Crippen molar-refractivity contribution in [2.45, 2.75) is 52.5 Å². The number of likely N-dealkylation sites (tertiary alicyclic amines) is 1. The second kappa shape index (κ2) is 5.67. The second-order valence-electron chi connectivity index (χ2n) is 5.86. The molecule has 1 saturated heterocycles. The summed E-state index contributed by atoms with van der Waals surface area (Å²) >= 11 is 0. The lowest BCUT2D eigenvalue weighted by Gasteiger charge is -2.35. The van der Waals surface area contributed by atoms with Crippen molar-refractivity contribution in [1.29, 1.82) is 0 Å². The molecule has 0 aromatic heterocycles. The SMILES string of the molecule is CNC(CN1CCCCCC1=O)C(C)(C)C. The van der Waals surface area contributed by atoms with E-state index in [9.17, 15) is 4.79 Å². The quantitative estimate of drug-likeness (QED) is 0.798. The smallest absolute Gasteiger partial charge is 0.222 e. The van der Waals surface area contributed by atoms with Crippen LogP contribution < -0.4 is 5.32 Å². The van der Waals surface area contributed by atoms with E-state index < -0.39 is 0 Å². The Morgan fingerprint density at radius 2 is 2.00 bits per heavy atom. The van der Waals surface area contributed by atoms with Crippen molar-refractivity contribution in [2.75, 3.05) is 20.1 Å². The predicted octanol–water partition coefficient (Wildman–Crippen LogP) is 2.02. The molecule has 1 aliphatic heterocycles. The lowest BCUT2D eigenvalue weighted by atomic mass is 9.86. The fourth-order valence-corrected chi connectivity index (χ4v) is 2.25. The first kappa shape index (κ1) is 13.5. The summed E-state index contributed by atoms with van der Waals surface area (Å²) in [5.41, 5.74) is 0.196. The Balaban J connectivity index is 2.59. The average Bonchev–Trinajstić information content (AvgIpc) is 2.38. The third kappa shape index (κ3) is 3.78. The zero-order valence-electron chi connectivity index (χ0n) is 11.2. The minimum absolute atomic E-state index is 0.196. The number of carbonyl (C=O) groups is 1. The molecule has 0 saturated carbocycles. The lowest BCUT2D eigenvalue weighted by Crippen LogP contribution is -2.48. The van der Waals surface area contributed by atoms with Crippen LogP contribution in [-0.2, 0) is 4.79 Å². The van der Waals surface area contributed by atoms with Crippen LogP contribution >= 0.6 is 0 Å². The van der Waals surface area contributed by atoms with Crippen LogP contribution in [0.15, 0.2) is 0 Å². The van der Waals surface area contributed by atoms with Crippen LogP contribution in [-0.4, -0.2) is 37.0 Å². The zero-order valence-corrected chi connectivity index (χ0v) is 11.2. The lowest BCUT2D eigenvalue weighted by molar-refractivity contribution is -0.131. The van der Waals surface area contributed by atoms with Crippen LogP contribution in [0.5, 0.6) is 0 Å². The molecule has 1 unspecified atom stereocenters. The number of hydrogen-bond acceptors (Lipinski definition) is 2. The van der Waals surface area contributed by atoms with Crippen molar-refractivity contribution < 1.29 is 4.79 Å². The third-order valence-corrected chi connectivity index (χ3v) is 3.47. The van der Waals surface area contributed by atoms with E-state index in [0.29, 0.717) is 11.9 Å². The molecule has 3 nitrogen and oxygen atoms in total. The van der Waals surface area contributed by atoms with Gasteiger partial charge in [-0.05, 0) is 25.3 Å². The van der Waals surface area contributed by atoms with Crippen molar-refractivity contribution in [1.82, 2.24) is 10.2 Å². The summed E-state index contributed by atoms with van der Waals surface area (Å²) in [6, 6.07) is 0.370. The van der Waals surface area contributed by atoms with Gasteiger partial charge in [0.25, 0.3) is 0 Å². The maximum atomic E-state index is 11.9. The Hall–Kier alpha value is -0.570. The largest absolute Gasteiger partial charge is 0.341 e. The van der Waals surface area contributed by atoms with E-state index in [1.807, 2.05) is 11.9 Å². The number of amides is 1. The monoisotopic (exact) mass is 226 g/mol. The fraction of sp³-hybridized carbons (Fsp3) is 0.923. The Morgan fingerprint density at radius 3 is 2.56 bits per heavy atom. The summed E-state index contributed by atoms with van der Waals surface area (Å²) in [6.07, 6.45) is 4.16. The minimum Gasteiger partial charge on any atom is -0.341 e. The van der Waals surface area contributed by atoms with Gasteiger partial charge in [-0.25, -0.2) is 0 Å². The molecule has 3 heteroatoms. The van der Waals surface area contributed by atoms with Crippen LogP contribution in [0.25, 0.3) is 0 Å². The maximum Gasteiger partial charge on any atom is 0.222 e. The molecule has 0 aromatic carbocycles. The molecule has 0 bridgehead atoms. The van der Waals surface area contributed by atoms with Gasteiger partial charge in [0, 0.05) is 25.6 Å². The predicted molar refractivity (Wildman–Crippen MR) is 67.4 cm³/mol. The van der Waals surface area contributed by atoms with E-state index in [-0.39, 0.29) is 5.41 Å². The van der Waals surface area contributed by atoms with Crippen molar-refractivity contribution in [2.24, 2.45) is 5.41 Å². The van der Waals surface area contributed by atoms with Gasteiger partial charge in [-0.2, -0.15) is 0 Å². The molecule has 0 spiro atoms. The van der Waals surface area contributed by atoms with Gasteiger partial charge >= 0.3 is 0 Å². The highest BCUT2D eigenvalue weighted by atomic mass is 16.2. The Bertz CT molecular complexity index is 233. The van der Waals surface area contributed by atoms with Crippen LogP contribution in [0.2, 0.25) is 0 Å². The Morgan fingerprint density at radius 1 is 1.31 bits per heavy atom. The van der Waals surface area contributed by atoms with Crippen molar-refractivity contribution in [3.63, 3.8) is 0 Å². The standard InChI is InChI=1S/C13H26N2O/c1-13(2,3)11(14-4)10-15-9-7-5-6-8-12(15)16/h11,14H,5-10H2,1-4H3. The number of rotatable bonds is 3. The molecule has 16 heavy (non-hydrogen) atoms. The van der Waals surface area contributed by atoms with Crippen LogP contribution in [0.3, 0.4) is 0 Å². The van der Waals surface area contributed by atoms with E-state index in [1.54, 1.807) is 0 Å². The average molecular weight is 226 g/mol. The molecule has 0 aromatic rings. The highest BCUT2D eigenvalue weighted by Crippen LogP contribution is 2.21. The van der Waals surface area contributed by atoms with Gasteiger partial charge < -0.3 is 10.2 Å². The van der Waals surface area contributed by atoms with Gasteiger partial charge in [0.1, 0.15) is 0 Å². The van der Waals surface area contributed by atoms with Gasteiger partial charge in [0.2, 0.25) is 5.91 Å². The van der Waals surface area contributed by atoms with Gasteiger partial charge in [0.05, 0.1) is 0 Å². The van der Waals surface area contributed by atoms with Crippen LogP contribution in [0.4, 0.5) is 0 Å². The topological polar surface area (TPSA) is 32.3 Å². The molecule has 1 N–H and O–H groups in total. The summed E-state index contributed by atoms with van der Waals surface area (Å²) in [5, 5.41) is 3.34. The molecule has 1 heterocycles. The molecule has 1 amide bonds. The first-order valence-corrected chi connectivity index (χ1v) is 6.40. The van der Waals surface area contributed by atoms with E-state index in [2.05, 4.69) is 26.1 Å². The highest BCUT2D eigenvalue weighted by Gasteiger charge is 2.27. The zero-order chi connectivity index (χ0) is 12.2. The molecule has 1 atom stereocenters. The molecule has 94 valence electrons. The Labute approximate surface area is 99.6 Å². The van der Waals surface area contributed by atoms with Gasteiger partial charge in [-0.3, -0.25) is 4.79 Å². The first-order valence-electron chi connectivity index (χ1n) is 6.40. The second-order valence-corrected chi connectivity index (χ2v) is 5.86. The van der Waals surface area contributed by atoms with Crippen molar-refractivity contribution in [3.8, 4) is 0 Å². The van der Waals surface area contributed by atoms with E-state index in [1.165, 1.54) is 6.42 Å². The van der Waals surface area contributed by atoms with E-state index in [4.69, 9.17) is 0 Å². The van der Waals surface area contributed by atoms with Crippen molar-refractivity contribution >= 4 is 5.91 Å². The van der Waals surface area contributed by atoms with Crippen LogP contribution in [0, 0.1) is 5.41 Å². The van der Waals surface area contributed by atoms with Crippen LogP contribution in [0.1, 0.15) is 46.5 Å². The summed E-state index contributed by atoms with van der Waals surface area (Å²) in [5.74, 6) is 0.335. The Kier molecular flexibility index (Phi) is 4.78. The molecular weight excluding hydrogens is 200 g/mol. The minimum atomic E-state index is 0.196. The maximum absolute atomic E-state index is 11.9. The molecule has 0 aliphatic carbocycles. The third-order valence-electron chi connectivity index (χ3n) is 3.47. The molecule has 1 rings (SSSR count). The summed E-state index contributed by atoms with van der Waals surface area (Å²) in [6.45, 7) is 8.44. The summed E-state index contributed by atoms with van der Waals surface area (Å²) < 4.78 is 0. The van der Waals surface area contributed by atoms with E-state index in [0.717, 1.165) is 32.4 Å². The number of nitrogens with one attached hydrogen (secondary N) is 1. The molecular formula is C13H26N2O. The normalized spacial score (nSPS) is 20.8.